The molecule has 0 amide bonds. The zero-order valence-electron chi connectivity index (χ0n) is 25.9. The molecule has 7 nitrogen and oxygen atoms in total. The first kappa shape index (κ1) is 31.4. The Morgan fingerprint density at radius 3 is 1.71 bits per heavy atom. The number of hydrogen-bond donors (Lipinski definition) is 0. The smallest absolute Gasteiger partial charge is 0.335 e. The van der Waals surface area contributed by atoms with Gasteiger partial charge in [-0.2, -0.15) is 0 Å². The Hall–Kier alpha value is -5.01. The topological polar surface area (TPSA) is 79.8 Å². The van der Waals surface area contributed by atoms with E-state index in [1.54, 1.807) is 0 Å². The number of carbonyl (C=O) groups excluding carboxylic acids is 1. The lowest BCUT2D eigenvalue weighted by atomic mass is 10.1. The van der Waals surface area contributed by atoms with Crippen molar-refractivity contribution in [2.45, 2.75) is 59.7 Å². The van der Waals surface area contributed by atoms with Crippen molar-refractivity contribution in [3.8, 4) is 11.5 Å². The molecule has 0 saturated carbocycles. The fourth-order valence-corrected chi connectivity index (χ4v) is 4.71. The van der Waals surface area contributed by atoms with Gasteiger partial charge in [-0.3, -0.25) is 9.97 Å². The van der Waals surface area contributed by atoms with Crippen molar-refractivity contribution < 1.29 is 23.7 Å². The minimum absolute atomic E-state index is 0.126. The first-order valence-electron chi connectivity index (χ1n) is 15.0. The van der Waals surface area contributed by atoms with Gasteiger partial charge in [-0.25, -0.2) is 4.79 Å². The molecule has 45 heavy (non-hydrogen) atoms. The lowest BCUT2D eigenvalue weighted by Crippen LogP contribution is -2.29. The van der Waals surface area contributed by atoms with Crippen LogP contribution >= 0.6 is 0 Å². The molecule has 0 bridgehead atoms. The minimum atomic E-state index is -0.880. The fourth-order valence-electron chi connectivity index (χ4n) is 4.71. The maximum absolute atomic E-state index is 13.4. The highest BCUT2D eigenvalue weighted by Gasteiger charge is 2.24. The second-order valence-electron chi connectivity index (χ2n) is 10.9. The third-order valence-electron chi connectivity index (χ3n) is 7.39. The molecule has 1 unspecified atom stereocenters. The van der Waals surface area contributed by atoms with Crippen molar-refractivity contribution in [3.05, 3.63) is 154 Å². The van der Waals surface area contributed by atoms with Crippen molar-refractivity contribution in [2.24, 2.45) is 0 Å². The SMILES string of the molecule is Cc1nc(C)c(COC(Cc2ccc(OCc3ccccc3)c(OCc3ccccc3)c2)C(=O)OCc2ccccc2)nc1C. The van der Waals surface area contributed by atoms with Crippen molar-refractivity contribution in [1.29, 1.82) is 0 Å². The van der Waals surface area contributed by atoms with E-state index < -0.39 is 12.1 Å². The van der Waals surface area contributed by atoms with Crippen molar-refractivity contribution in [2.75, 3.05) is 0 Å². The molecule has 1 aromatic heterocycles. The zero-order valence-corrected chi connectivity index (χ0v) is 25.9. The highest BCUT2D eigenvalue weighted by Crippen LogP contribution is 2.31. The summed E-state index contributed by atoms with van der Waals surface area (Å²) in [6, 6.07) is 35.2. The van der Waals surface area contributed by atoms with Gasteiger partial charge in [0.1, 0.15) is 19.8 Å². The molecule has 5 rings (SSSR count). The van der Waals surface area contributed by atoms with Crippen LogP contribution in [0.25, 0.3) is 0 Å². The Kier molecular flexibility index (Phi) is 10.9. The summed E-state index contributed by atoms with van der Waals surface area (Å²) in [7, 11) is 0. The lowest BCUT2D eigenvalue weighted by molar-refractivity contribution is -0.159. The maximum Gasteiger partial charge on any atom is 0.335 e. The minimum Gasteiger partial charge on any atom is -0.485 e. The van der Waals surface area contributed by atoms with Crippen molar-refractivity contribution in [3.63, 3.8) is 0 Å². The van der Waals surface area contributed by atoms with Gasteiger partial charge in [-0.05, 0) is 55.2 Å². The van der Waals surface area contributed by atoms with Crippen LogP contribution in [0.3, 0.4) is 0 Å². The standard InChI is InChI=1S/C38H38N2O5/c1-27-28(2)40-34(29(3)39-27)26-44-37(38(41)45-25-32-17-11-6-12-18-32)22-33-19-20-35(42-23-30-13-7-4-8-14-30)36(21-33)43-24-31-15-9-5-10-16-31/h4-21,37H,22-26H2,1-3H3. The van der Waals surface area contributed by atoms with Crippen LogP contribution in [-0.2, 0) is 47.1 Å². The molecule has 7 heteroatoms. The number of aromatic nitrogens is 2. The van der Waals surface area contributed by atoms with Crippen LogP contribution in [0.4, 0.5) is 0 Å². The third kappa shape index (κ3) is 9.24. The largest absolute Gasteiger partial charge is 0.485 e. The van der Waals surface area contributed by atoms with Crippen LogP contribution in [0.2, 0.25) is 0 Å². The van der Waals surface area contributed by atoms with Crippen LogP contribution < -0.4 is 9.47 Å². The molecule has 0 N–H and O–H groups in total. The number of esters is 1. The summed E-state index contributed by atoms with van der Waals surface area (Å²) in [6.45, 7) is 6.78. The van der Waals surface area contributed by atoms with Gasteiger partial charge < -0.3 is 18.9 Å². The highest BCUT2D eigenvalue weighted by atomic mass is 16.6. The number of ether oxygens (including phenoxy) is 4. The highest BCUT2D eigenvalue weighted by molar-refractivity contribution is 5.75. The summed E-state index contributed by atoms with van der Waals surface area (Å²) >= 11 is 0. The van der Waals surface area contributed by atoms with Gasteiger partial charge in [0.25, 0.3) is 0 Å². The van der Waals surface area contributed by atoms with Gasteiger partial charge in [0.05, 0.1) is 29.4 Å². The van der Waals surface area contributed by atoms with Gasteiger partial charge in [0.15, 0.2) is 17.6 Å². The molecule has 1 heterocycles. The van der Waals surface area contributed by atoms with E-state index in [1.807, 2.05) is 130 Å². The number of carbonyl (C=O) groups is 1. The van der Waals surface area contributed by atoms with Gasteiger partial charge in [0.2, 0.25) is 0 Å². The molecular formula is C38H38N2O5. The average Bonchev–Trinajstić information content (AvgIpc) is 3.07. The molecule has 0 spiro atoms. The van der Waals surface area contributed by atoms with Gasteiger partial charge >= 0.3 is 5.97 Å². The first-order chi connectivity index (χ1) is 21.9. The molecule has 0 aliphatic carbocycles. The first-order valence-corrected chi connectivity index (χ1v) is 15.0. The summed E-state index contributed by atoms with van der Waals surface area (Å²) in [4.78, 5) is 22.7. The number of aryl methyl sites for hydroxylation is 3. The molecule has 1 atom stereocenters. The van der Waals surface area contributed by atoms with Gasteiger partial charge in [0, 0.05) is 6.42 Å². The molecule has 0 saturated heterocycles. The Balaban J connectivity index is 1.36. The summed E-state index contributed by atoms with van der Waals surface area (Å²) in [6.07, 6.45) is -0.611. The van der Waals surface area contributed by atoms with E-state index in [1.165, 1.54) is 0 Å². The number of benzene rings is 4. The van der Waals surface area contributed by atoms with Gasteiger partial charge in [-0.1, -0.05) is 97.1 Å². The molecular weight excluding hydrogens is 564 g/mol. The van der Waals surface area contributed by atoms with E-state index >= 15 is 0 Å². The van der Waals surface area contributed by atoms with Crippen LogP contribution in [0, 0.1) is 20.8 Å². The third-order valence-corrected chi connectivity index (χ3v) is 7.39. The van der Waals surface area contributed by atoms with Crippen LogP contribution in [0.5, 0.6) is 11.5 Å². The van der Waals surface area contributed by atoms with Crippen LogP contribution in [-0.4, -0.2) is 22.0 Å². The predicted octanol–water partition coefficient (Wildman–Crippen LogP) is 7.43. The van der Waals surface area contributed by atoms with Crippen LogP contribution in [0.1, 0.15) is 45.0 Å². The summed E-state index contributed by atoms with van der Waals surface area (Å²) in [5, 5.41) is 0. The lowest BCUT2D eigenvalue weighted by Gasteiger charge is -2.19. The van der Waals surface area contributed by atoms with E-state index in [2.05, 4.69) is 9.97 Å². The van der Waals surface area contributed by atoms with Crippen molar-refractivity contribution >= 4 is 5.97 Å². The molecule has 0 aliphatic rings. The molecule has 0 aliphatic heterocycles. The second kappa shape index (κ2) is 15.6. The fraction of sp³-hybridized carbons (Fsp3) is 0.237. The summed E-state index contributed by atoms with van der Waals surface area (Å²) in [5.41, 5.74) is 6.98. The summed E-state index contributed by atoms with van der Waals surface area (Å²) < 4.78 is 24.4. The predicted molar refractivity (Wildman–Crippen MR) is 173 cm³/mol. The normalized spacial score (nSPS) is 11.5. The van der Waals surface area contributed by atoms with E-state index in [0.29, 0.717) is 30.4 Å². The van der Waals surface area contributed by atoms with Gasteiger partial charge in [-0.15, -0.1) is 0 Å². The molecule has 0 radical (unpaired) electrons. The summed E-state index contributed by atoms with van der Waals surface area (Å²) in [5.74, 6) is 0.743. The molecule has 4 aromatic carbocycles. The maximum atomic E-state index is 13.4. The van der Waals surface area contributed by atoms with E-state index in [9.17, 15) is 4.79 Å². The average molecular weight is 603 g/mol. The number of rotatable bonds is 14. The molecule has 230 valence electrons. The number of nitrogens with zero attached hydrogens (tertiary/aromatic N) is 2. The Morgan fingerprint density at radius 2 is 1.11 bits per heavy atom. The Labute approximate surface area is 264 Å². The van der Waals surface area contributed by atoms with E-state index in [-0.39, 0.29) is 19.6 Å². The van der Waals surface area contributed by atoms with Crippen LogP contribution in [0.15, 0.2) is 109 Å². The zero-order chi connectivity index (χ0) is 31.4. The molecule has 5 aromatic rings. The van der Waals surface area contributed by atoms with Crippen molar-refractivity contribution in [1.82, 2.24) is 9.97 Å². The number of hydrogen-bond acceptors (Lipinski definition) is 7. The van der Waals surface area contributed by atoms with E-state index in [4.69, 9.17) is 18.9 Å². The molecule has 0 fully saturated rings. The Morgan fingerprint density at radius 1 is 0.578 bits per heavy atom. The van der Waals surface area contributed by atoms with E-state index in [0.717, 1.165) is 39.3 Å². The quantitative estimate of drug-likeness (QED) is 0.122. The monoisotopic (exact) mass is 602 g/mol. The Bertz CT molecular complexity index is 1680. The second-order valence-corrected chi connectivity index (χ2v) is 10.9.